The van der Waals surface area contributed by atoms with E-state index in [1.165, 1.54) is 17.6 Å². The molecule has 0 nitrogen and oxygen atoms in total. The Labute approximate surface area is 137 Å². The third-order valence-electron chi connectivity index (χ3n) is 6.75. The van der Waals surface area contributed by atoms with Gasteiger partial charge < -0.3 is 0 Å². The lowest BCUT2D eigenvalue weighted by Gasteiger charge is -2.16. The van der Waals surface area contributed by atoms with E-state index in [9.17, 15) is 0 Å². The Kier molecular flexibility index (Phi) is 2.22. The molecule has 0 spiro atoms. The summed E-state index contributed by atoms with van der Waals surface area (Å²) >= 11 is 0. The maximum Gasteiger partial charge on any atom is 0.0248 e. The van der Waals surface area contributed by atoms with Crippen LogP contribution in [-0.2, 0) is 0 Å². The smallest absolute Gasteiger partial charge is 0.0248 e. The summed E-state index contributed by atoms with van der Waals surface area (Å²) in [6.45, 7) is 0. The molecule has 5 aliphatic carbocycles. The zero-order chi connectivity index (χ0) is 15.0. The first-order valence-electron chi connectivity index (χ1n) is 8.80. The van der Waals surface area contributed by atoms with E-state index >= 15 is 0 Å². The van der Waals surface area contributed by atoms with E-state index in [1.54, 1.807) is 5.57 Å². The molecule has 5 aliphatic rings. The molecule has 0 N–H and O–H groups in total. The summed E-state index contributed by atoms with van der Waals surface area (Å²) in [6.07, 6.45) is 1.47. The second kappa shape index (κ2) is 4.18. The van der Waals surface area contributed by atoms with Crippen LogP contribution >= 0.6 is 0 Å². The first kappa shape index (κ1) is 12.2. The van der Waals surface area contributed by atoms with Gasteiger partial charge in [-0.15, -0.1) is 0 Å². The van der Waals surface area contributed by atoms with Gasteiger partial charge in [0.05, 0.1) is 0 Å². The van der Waals surface area contributed by atoms with Crippen LogP contribution in [0, 0.1) is 47.3 Å². The Morgan fingerprint density at radius 2 is 1.39 bits per heavy atom. The van der Waals surface area contributed by atoms with Crippen LogP contribution in [0.1, 0.15) is 17.5 Å². The quantitative estimate of drug-likeness (QED) is 0.672. The van der Waals surface area contributed by atoms with Gasteiger partial charge in [-0.2, -0.15) is 0 Å². The molecule has 4 fully saturated rings. The van der Waals surface area contributed by atoms with Crippen LogP contribution in [0.2, 0.25) is 0 Å². The summed E-state index contributed by atoms with van der Waals surface area (Å²) in [7, 11) is 0. The van der Waals surface area contributed by atoms with Crippen LogP contribution in [0.15, 0.2) is 66.2 Å². The van der Waals surface area contributed by atoms with Gasteiger partial charge in [-0.1, -0.05) is 60.4 Å². The summed E-state index contributed by atoms with van der Waals surface area (Å²) in [5.41, 5.74) is 5.64. The van der Waals surface area contributed by atoms with Crippen LogP contribution < -0.4 is 0 Å². The molecule has 6 unspecified atom stereocenters. The minimum atomic E-state index is 0.779. The third-order valence-corrected chi connectivity index (χ3v) is 6.75. The van der Waals surface area contributed by atoms with Gasteiger partial charge in [0.15, 0.2) is 0 Å². The van der Waals surface area contributed by atoms with Gasteiger partial charge in [-0.25, -0.2) is 0 Å². The van der Waals surface area contributed by atoms with E-state index in [0.29, 0.717) is 0 Å². The lowest BCUT2D eigenvalue weighted by Crippen LogP contribution is -2.04. The number of hydrogen-bond acceptors (Lipinski definition) is 0. The van der Waals surface area contributed by atoms with Crippen molar-refractivity contribution in [2.75, 3.05) is 0 Å². The largest absolute Gasteiger partial charge is 0.0655 e. The summed E-state index contributed by atoms with van der Waals surface area (Å²) < 4.78 is 0. The molecule has 0 heteroatoms. The lowest BCUT2D eigenvalue weighted by atomic mass is 9.87. The van der Waals surface area contributed by atoms with Gasteiger partial charge in [0, 0.05) is 11.1 Å². The Hall–Kier alpha value is -2.26. The van der Waals surface area contributed by atoms with Gasteiger partial charge in [0.1, 0.15) is 0 Å². The summed E-state index contributed by atoms with van der Waals surface area (Å²) in [4.78, 5) is 0. The summed E-state index contributed by atoms with van der Waals surface area (Å²) in [5.74, 6) is 12.6. The molecule has 0 radical (unpaired) electrons. The van der Waals surface area contributed by atoms with Gasteiger partial charge in [-0.3, -0.25) is 0 Å². The minimum absolute atomic E-state index is 0.779. The van der Waals surface area contributed by atoms with Crippen LogP contribution in [0.5, 0.6) is 0 Å². The highest BCUT2D eigenvalue weighted by Gasteiger charge is 2.77. The second-order valence-corrected chi connectivity index (χ2v) is 7.58. The van der Waals surface area contributed by atoms with Crippen LogP contribution in [-0.4, -0.2) is 0 Å². The first-order valence-corrected chi connectivity index (χ1v) is 8.80. The van der Waals surface area contributed by atoms with Crippen LogP contribution in [0.3, 0.4) is 0 Å². The minimum Gasteiger partial charge on any atom is -0.0655 e. The first-order chi connectivity index (χ1) is 11.4. The molecule has 0 aromatic heterocycles. The molecule has 0 heterocycles. The fraction of sp³-hybridized carbons (Fsp3) is 0.304. The number of rotatable bonds is 1. The van der Waals surface area contributed by atoms with Crippen molar-refractivity contribution in [1.29, 1.82) is 0 Å². The van der Waals surface area contributed by atoms with Crippen LogP contribution in [0.4, 0.5) is 0 Å². The fourth-order valence-corrected chi connectivity index (χ4v) is 6.11. The van der Waals surface area contributed by atoms with Crippen molar-refractivity contribution in [2.45, 2.75) is 6.42 Å². The van der Waals surface area contributed by atoms with Gasteiger partial charge in [0.2, 0.25) is 0 Å². The molecule has 6 bridgehead atoms. The van der Waals surface area contributed by atoms with E-state index in [1.807, 2.05) is 0 Å². The van der Waals surface area contributed by atoms with E-state index in [0.717, 1.165) is 41.1 Å². The predicted octanol–water partition coefficient (Wildman–Crippen LogP) is 4.63. The van der Waals surface area contributed by atoms with E-state index in [4.69, 9.17) is 0 Å². The number of benzene rings is 2. The molecule has 4 saturated carbocycles. The van der Waals surface area contributed by atoms with E-state index < -0.39 is 0 Å². The normalized spacial score (nSPS) is 37.7. The predicted molar refractivity (Wildman–Crippen MR) is 92.2 cm³/mol. The molecule has 110 valence electrons. The monoisotopic (exact) mass is 294 g/mol. The fourth-order valence-electron chi connectivity index (χ4n) is 6.11. The SMILES string of the molecule is C(#Cc1ccccc1)C1=C(c2ccccc2)C2C3CC4C(C13)C42. The highest BCUT2D eigenvalue weighted by Crippen LogP contribution is 2.82. The molecule has 6 atom stereocenters. The molecule has 0 amide bonds. The average molecular weight is 294 g/mol. The molecular weight excluding hydrogens is 276 g/mol. The van der Waals surface area contributed by atoms with Gasteiger partial charge in [-0.05, 0) is 65.2 Å². The topological polar surface area (TPSA) is 0 Å². The highest BCUT2D eigenvalue weighted by atomic mass is 14.8. The van der Waals surface area contributed by atoms with Crippen molar-refractivity contribution in [2.24, 2.45) is 35.5 Å². The van der Waals surface area contributed by atoms with Crippen molar-refractivity contribution in [3.63, 3.8) is 0 Å². The standard InChI is InChI=1S/C23H18/c1-3-7-14(8-4-1)11-12-16-19(15-9-5-2-6-10-15)21-17-13-18-22(20(16)17)23(18)21/h1-10,17-18,20-23H,13H2. The van der Waals surface area contributed by atoms with Crippen molar-refractivity contribution in [3.05, 3.63) is 77.4 Å². The van der Waals surface area contributed by atoms with E-state index in [-0.39, 0.29) is 0 Å². The van der Waals surface area contributed by atoms with Crippen LogP contribution in [0.25, 0.3) is 5.57 Å². The Bertz CT molecular complexity index is 878. The lowest BCUT2D eigenvalue weighted by molar-refractivity contribution is 0.469. The summed E-state index contributed by atoms with van der Waals surface area (Å²) in [5, 5.41) is 0. The molecule has 23 heavy (non-hydrogen) atoms. The summed E-state index contributed by atoms with van der Waals surface area (Å²) in [6, 6.07) is 21.5. The van der Waals surface area contributed by atoms with Crippen molar-refractivity contribution in [1.82, 2.24) is 0 Å². The van der Waals surface area contributed by atoms with Gasteiger partial charge in [0.25, 0.3) is 0 Å². The molecule has 2 aromatic carbocycles. The molecule has 0 aliphatic heterocycles. The molecular formula is C23H18. The zero-order valence-electron chi connectivity index (χ0n) is 12.9. The Morgan fingerprint density at radius 3 is 2.13 bits per heavy atom. The average Bonchev–Trinajstić information content (AvgIpc) is 2.95. The highest BCUT2D eigenvalue weighted by molar-refractivity contribution is 5.81. The molecule has 7 rings (SSSR count). The molecule has 0 saturated heterocycles. The maximum atomic E-state index is 3.62. The van der Waals surface area contributed by atoms with E-state index in [2.05, 4.69) is 72.5 Å². The second-order valence-electron chi connectivity index (χ2n) is 7.58. The van der Waals surface area contributed by atoms with Gasteiger partial charge >= 0.3 is 0 Å². The van der Waals surface area contributed by atoms with Crippen molar-refractivity contribution >= 4 is 5.57 Å². The Morgan fingerprint density at radius 1 is 0.696 bits per heavy atom. The number of hydrogen-bond donors (Lipinski definition) is 0. The Balaban J connectivity index is 1.50. The molecule has 2 aromatic rings. The maximum absolute atomic E-state index is 3.62. The van der Waals surface area contributed by atoms with Crippen molar-refractivity contribution < 1.29 is 0 Å². The zero-order valence-corrected chi connectivity index (χ0v) is 12.9. The number of allylic oxidation sites excluding steroid dienone is 2. The third kappa shape index (κ3) is 1.48. The van der Waals surface area contributed by atoms with Crippen molar-refractivity contribution in [3.8, 4) is 11.8 Å².